The average molecular weight is 371 g/mol. The molecule has 0 radical (unpaired) electrons. The van der Waals surface area contributed by atoms with Gasteiger partial charge in [-0.15, -0.1) is 0 Å². The third kappa shape index (κ3) is 3.13. The number of Topliss-reactive ketones (excluding diaryl/α,β-unsaturated/α-hetero) is 2. The summed E-state index contributed by atoms with van der Waals surface area (Å²) in [4.78, 5) is 25.1. The van der Waals surface area contributed by atoms with Crippen LogP contribution >= 0.6 is 15.9 Å². The molecule has 0 bridgehead atoms. The van der Waals surface area contributed by atoms with Crippen molar-refractivity contribution in [2.24, 2.45) is 5.92 Å². The molecular formula is C19H15BrO3. The van der Waals surface area contributed by atoms with Crippen LogP contribution in [0.4, 0.5) is 0 Å². The summed E-state index contributed by atoms with van der Waals surface area (Å²) in [6.07, 6.45) is 2.09. The van der Waals surface area contributed by atoms with Crippen molar-refractivity contribution in [1.82, 2.24) is 0 Å². The number of fused-ring (bicyclic) bond motifs is 1. The van der Waals surface area contributed by atoms with Gasteiger partial charge in [-0.2, -0.15) is 0 Å². The van der Waals surface area contributed by atoms with Crippen LogP contribution in [0.15, 0.2) is 59.6 Å². The van der Waals surface area contributed by atoms with Gasteiger partial charge in [0.1, 0.15) is 12.4 Å². The maximum absolute atomic E-state index is 12.6. The summed E-state index contributed by atoms with van der Waals surface area (Å²) in [5.41, 5.74) is 2.04. The van der Waals surface area contributed by atoms with Crippen molar-refractivity contribution >= 4 is 27.5 Å². The van der Waals surface area contributed by atoms with Crippen molar-refractivity contribution in [3.05, 3.63) is 76.3 Å². The topological polar surface area (TPSA) is 43.4 Å². The zero-order chi connectivity index (χ0) is 16.4. The molecule has 0 spiro atoms. The number of ether oxygens (including phenoxy) is 1. The molecule has 0 saturated carbocycles. The van der Waals surface area contributed by atoms with Gasteiger partial charge >= 0.3 is 0 Å². The van der Waals surface area contributed by atoms with Gasteiger partial charge < -0.3 is 4.74 Å². The molecule has 0 N–H and O–H groups in total. The third-order valence-corrected chi connectivity index (χ3v) is 4.42. The van der Waals surface area contributed by atoms with E-state index in [1.807, 2.05) is 6.07 Å². The number of hydrogen-bond acceptors (Lipinski definition) is 3. The van der Waals surface area contributed by atoms with Gasteiger partial charge in [0, 0.05) is 15.6 Å². The van der Waals surface area contributed by atoms with Gasteiger partial charge in [0.25, 0.3) is 0 Å². The van der Waals surface area contributed by atoms with E-state index in [4.69, 9.17) is 4.74 Å². The average Bonchev–Trinajstić information content (AvgIpc) is 2.89. The van der Waals surface area contributed by atoms with Gasteiger partial charge in [-0.3, -0.25) is 9.59 Å². The van der Waals surface area contributed by atoms with E-state index < -0.39 is 5.92 Å². The lowest BCUT2D eigenvalue weighted by Gasteiger charge is -2.07. The lowest BCUT2D eigenvalue weighted by molar-refractivity contribution is 0.0822. The fourth-order valence-electron chi connectivity index (χ4n) is 2.75. The van der Waals surface area contributed by atoms with E-state index in [2.05, 4.69) is 22.5 Å². The highest BCUT2D eigenvalue weighted by Crippen LogP contribution is 2.32. The van der Waals surface area contributed by atoms with Crippen molar-refractivity contribution in [2.75, 3.05) is 6.61 Å². The fourth-order valence-corrected chi connectivity index (χ4v) is 3.02. The van der Waals surface area contributed by atoms with Crippen LogP contribution in [0, 0.1) is 5.92 Å². The van der Waals surface area contributed by atoms with Crippen LogP contribution in [-0.4, -0.2) is 18.2 Å². The Morgan fingerprint density at radius 3 is 2.70 bits per heavy atom. The second kappa shape index (κ2) is 6.50. The quantitative estimate of drug-likeness (QED) is 0.448. The minimum Gasteiger partial charge on any atom is -0.490 e. The number of carbonyl (C=O) groups excluding carboxylic acids is 2. The molecule has 0 aromatic heterocycles. The van der Waals surface area contributed by atoms with Crippen LogP contribution in [0.3, 0.4) is 0 Å². The van der Waals surface area contributed by atoms with Crippen LogP contribution in [0.2, 0.25) is 0 Å². The van der Waals surface area contributed by atoms with Gasteiger partial charge in [-0.1, -0.05) is 40.7 Å². The normalized spacial score (nSPS) is 16.0. The summed E-state index contributed by atoms with van der Waals surface area (Å²) in [6, 6.07) is 12.4. The number of carbonyl (C=O) groups is 2. The Hall–Kier alpha value is -2.20. The lowest BCUT2D eigenvalue weighted by Crippen LogP contribution is -2.20. The monoisotopic (exact) mass is 370 g/mol. The third-order valence-electron chi connectivity index (χ3n) is 3.90. The predicted molar refractivity (Wildman–Crippen MR) is 92.1 cm³/mol. The van der Waals surface area contributed by atoms with Gasteiger partial charge in [0.05, 0.1) is 5.92 Å². The standard InChI is InChI=1S/C19H15BrO3/c1-2-9-23-15-7-8-16-13(10-15)11-17(19(16)22)18(21)12-3-5-14(20)6-4-12/h2-8,10,17H,1,9,11H2. The smallest absolute Gasteiger partial charge is 0.174 e. The maximum atomic E-state index is 12.6. The number of halogens is 1. The van der Waals surface area contributed by atoms with E-state index in [-0.39, 0.29) is 11.6 Å². The van der Waals surface area contributed by atoms with Crippen LogP contribution in [-0.2, 0) is 6.42 Å². The van der Waals surface area contributed by atoms with E-state index in [1.165, 1.54) is 0 Å². The highest BCUT2D eigenvalue weighted by atomic mass is 79.9. The SMILES string of the molecule is C=CCOc1ccc2c(c1)CC(C(=O)c1ccc(Br)cc1)C2=O. The van der Waals surface area contributed by atoms with Crippen molar-refractivity contribution in [2.45, 2.75) is 6.42 Å². The molecule has 1 aliphatic carbocycles. The molecule has 1 aliphatic rings. The Bertz CT molecular complexity index is 778. The molecule has 4 heteroatoms. The first-order valence-electron chi connectivity index (χ1n) is 7.31. The van der Waals surface area contributed by atoms with E-state index in [9.17, 15) is 9.59 Å². The fraction of sp³-hybridized carbons (Fsp3) is 0.158. The minimum atomic E-state index is -0.638. The van der Waals surface area contributed by atoms with Crippen molar-refractivity contribution < 1.29 is 14.3 Å². The molecule has 2 aromatic carbocycles. The molecule has 0 aliphatic heterocycles. The second-order valence-corrected chi connectivity index (χ2v) is 6.33. The van der Waals surface area contributed by atoms with Crippen molar-refractivity contribution in [3.8, 4) is 5.75 Å². The summed E-state index contributed by atoms with van der Waals surface area (Å²) in [6.45, 7) is 4.02. The molecule has 0 amide bonds. The Balaban J connectivity index is 1.83. The molecule has 0 fully saturated rings. The Labute approximate surface area is 143 Å². The molecule has 2 aromatic rings. The largest absolute Gasteiger partial charge is 0.490 e. The lowest BCUT2D eigenvalue weighted by atomic mass is 9.94. The highest BCUT2D eigenvalue weighted by Gasteiger charge is 2.36. The Morgan fingerprint density at radius 1 is 1.26 bits per heavy atom. The molecule has 3 nitrogen and oxygen atoms in total. The molecular weight excluding hydrogens is 356 g/mol. The minimum absolute atomic E-state index is 0.108. The van der Waals surface area contributed by atoms with Crippen LogP contribution in [0.1, 0.15) is 26.3 Å². The number of benzene rings is 2. The highest BCUT2D eigenvalue weighted by molar-refractivity contribution is 9.10. The van der Waals surface area contributed by atoms with Crippen LogP contribution in [0.25, 0.3) is 0 Å². The molecule has 0 heterocycles. The number of hydrogen-bond donors (Lipinski definition) is 0. The maximum Gasteiger partial charge on any atom is 0.174 e. The zero-order valence-electron chi connectivity index (χ0n) is 12.4. The number of ketones is 2. The molecule has 3 rings (SSSR count). The first-order valence-corrected chi connectivity index (χ1v) is 8.10. The van der Waals surface area contributed by atoms with E-state index >= 15 is 0 Å². The summed E-state index contributed by atoms with van der Waals surface area (Å²) in [7, 11) is 0. The van der Waals surface area contributed by atoms with E-state index in [1.54, 1.807) is 42.5 Å². The molecule has 1 atom stereocenters. The molecule has 1 unspecified atom stereocenters. The van der Waals surface area contributed by atoms with Crippen LogP contribution in [0.5, 0.6) is 5.75 Å². The first kappa shape index (κ1) is 15.7. The van der Waals surface area contributed by atoms with Gasteiger partial charge in [0.2, 0.25) is 0 Å². The second-order valence-electron chi connectivity index (χ2n) is 5.41. The summed E-state index contributed by atoms with van der Waals surface area (Å²) >= 11 is 3.34. The van der Waals surface area contributed by atoms with Gasteiger partial charge in [-0.05, 0) is 42.3 Å². The molecule has 23 heavy (non-hydrogen) atoms. The Kier molecular flexibility index (Phi) is 4.44. The first-order chi connectivity index (χ1) is 11.1. The van der Waals surface area contributed by atoms with Gasteiger partial charge in [-0.25, -0.2) is 0 Å². The predicted octanol–water partition coefficient (Wildman–Crippen LogP) is 4.25. The van der Waals surface area contributed by atoms with E-state index in [0.29, 0.717) is 29.9 Å². The Morgan fingerprint density at radius 2 is 2.00 bits per heavy atom. The van der Waals surface area contributed by atoms with Gasteiger partial charge in [0.15, 0.2) is 11.6 Å². The summed E-state index contributed by atoms with van der Waals surface area (Å²) in [5, 5.41) is 0. The molecule has 0 saturated heterocycles. The summed E-state index contributed by atoms with van der Waals surface area (Å²) < 4.78 is 6.39. The zero-order valence-corrected chi connectivity index (χ0v) is 14.0. The summed E-state index contributed by atoms with van der Waals surface area (Å²) in [5.74, 6) is -0.190. The van der Waals surface area contributed by atoms with Crippen molar-refractivity contribution in [3.63, 3.8) is 0 Å². The molecule has 116 valence electrons. The van der Waals surface area contributed by atoms with Crippen LogP contribution < -0.4 is 4.74 Å². The van der Waals surface area contributed by atoms with Crippen molar-refractivity contribution in [1.29, 1.82) is 0 Å². The number of rotatable bonds is 5. The van der Waals surface area contributed by atoms with E-state index in [0.717, 1.165) is 10.0 Å².